The highest BCUT2D eigenvalue weighted by Crippen LogP contribution is 2.44. The highest BCUT2D eigenvalue weighted by molar-refractivity contribution is 5.81. The molecule has 1 aliphatic heterocycles. The van der Waals surface area contributed by atoms with Crippen molar-refractivity contribution in [3.05, 3.63) is 71.8 Å². The van der Waals surface area contributed by atoms with Gasteiger partial charge in [-0.3, -0.25) is 4.90 Å². The molecule has 1 aliphatic carbocycles. The van der Waals surface area contributed by atoms with E-state index in [4.69, 9.17) is 14.2 Å². The molecule has 2 aliphatic rings. The maximum absolute atomic E-state index is 13.0. The molecule has 12 nitrogen and oxygen atoms in total. The number of allylic oxidation sites excluding steroid dienone is 1. The van der Waals surface area contributed by atoms with Crippen LogP contribution in [0.2, 0.25) is 0 Å². The Labute approximate surface area is 320 Å². The van der Waals surface area contributed by atoms with Crippen molar-refractivity contribution < 1.29 is 38.5 Å². The molecule has 1 fully saturated rings. The summed E-state index contributed by atoms with van der Waals surface area (Å²) in [4.78, 5) is 56.1. The lowest BCUT2D eigenvalue weighted by Crippen LogP contribution is -2.44. The van der Waals surface area contributed by atoms with Gasteiger partial charge < -0.3 is 34.4 Å². The minimum atomic E-state index is -1.11. The highest BCUT2D eigenvalue weighted by Gasteiger charge is 2.30. The molecule has 4 rings (SSSR count). The van der Waals surface area contributed by atoms with E-state index in [-0.39, 0.29) is 31.1 Å². The fraction of sp³-hybridized carbons (Fsp3) is 0.571. The summed E-state index contributed by atoms with van der Waals surface area (Å²) in [6.45, 7) is 15.1. The van der Waals surface area contributed by atoms with Crippen molar-refractivity contribution >= 4 is 24.2 Å². The number of nitrogens with one attached hydrogen (secondary N) is 1. The van der Waals surface area contributed by atoms with E-state index in [1.165, 1.54) is 0 Å². The predicted octanol–water partition coefficient (Wildman–Crippen LogP) is 7.66. The number of hydrogen-bond donors (Lipinski definition) is 2. The summed E-state index contributed by atoms with van der Waals surface area (Å²) >= 11 is 0. The Kier molecular flexibility index (Phi) is 15.4. The number of benzene rings is 2. The predicted molar refractivity (Wildman–Crippen MR) is 209 cm³/mol. The number of aliphatic carboxylic acids is 1. The Balaban J connectivity index is 1.17. The molecule has 0 saturated carbocycles. The number of carbonyl (C=O) groups excluding carboxylic acids is 3. The summed E-state index contributed by atoms with van der Waals surface area (Å²) in [7, 11) is 0. The first-order valence-electron chi connectivity index (χ1n) is 19.3. The topological polar surface area (TPSA) is 138 Å². The normalized spacial score (nSPS) is 16.1. The van der Waals surface area contributed by atoms with E-state index in [0.29, 0.717) is 39.3 Å². The van der Waals surface area contributed by atoms with Gasteiger partial charge in [-0.2, -0.15) is 0 Å². The zero-order chi connectivity index (χ0) is 39.3. The molecule has 1 saturated heterocycles. The summed E-state index contributed by atoms with van der Waals surface area (Å²) in [5.41, 5.74) is 3.20. The van der Waals surface area contributed by atoms with Crippen LogP contribution >= 0.6 is 0 Å². The molecule has 0 radical (unpaired) electrons. The monoisotopic (exact) mass is 748 g/mol. The first-order chi connectivity index (χ1) is 25.6. The molecular formula is C42H60N4O8. The van der Waals surface area contributed by atoms with Gasteiger partial charge in [-0.25, -0.2) is 19.2 Å². The molecule has 0 unspecified atom stereocenters. The largest absolute Gasteiger partial charge is 0.480 e. The Morgan fingerprint density at radius 2 is 1.24 bits per heavy atom. The first-order valence-corrected chi connectivity index (χ1v) is 19.3. The molecule has 0 aromatic heterocycles. The van der Waals surface area contributed by atoms with Crippen LogP contribution in [0.1, 0.15) is 97.1 Å². The van der Waals surface area contributed by atoms with Crippen LogP contribution in [0, 0.1) is 0 Å². The molecule has 2 N–H and O–H groups in total. The molecule has 54 heavy (non-hydrogen) atoms. The summed E-state index contributed by atoms with van der Waals surface area (Å²) in [6.07, 6.45) is 7.15. The molecule has 1 atom stereocenters. The summed E-state index contributed by atoms with van der Waals surface area (Å²) < 4.78 is 16.8. The second-order valence-corrected chi connectivity index (χ2v) is 16.0. The van der Waals surface area contributed by atoms with E-state index in [9.17, 15) is 24.3 Å². The fourth-order valence-electron chi connectivity index (χ4n) is 6.65. The van der Waals surface area contributed by atoms with Gasteiger partial charge in [0, 0.05) is 45.2 Å². The lowest BCUT2D eigenvalue weighted by molar-refractivity contribution is -0.139. The van der Waals surface area contributed by atoms with Gasteiger partial charge in [0.1, 0.15) is 23.9 Å². The highest BCUT2D eigenvalue weighted by atomic mass is 16.6. The number of amides is 3. The van der Waals surface area contributed by atoms with E-state index in [2.05, 4.69) is 22.3 Å². The van der Waals surface area contributed by atoms with Crippen LogP contribution in [-0.2, 0) is 19.0 Å². The van der Waals surface area contributed by atoms with E-state index in [1.54, 1.807) is 15.9 Å². The minimum Gasteiger partial charge on any atom is -0.480 e. The maximum atomic E-state index is 13.0. The average Bonchev–Trinajstić information content (AvgIpc) is 3.46. The Morgan fingerprint density at radius 3 is 1.76 bits per heavy atom. The number of carbonyl (C=O) groups is 4. The Bertz CT molecular complexity index is 1510. The van der Waals surface area contributed by atoms with Crippen molar-refractivity contribution in [3.8, 4) is 11.1 Å². The molecule has 3 amide bonds. The second kappa shape index (κ2) is 19.7. The number of unbranched alkanes of at least 4 members (excludes halogenated alkanes) is 4. The third-order valence-corrected chi connectivity index (χ3v) is 9.38. The number of nitrogens with zero attached hydrogens (tertiary/aromatic N) is 3. The Morgan fingerprint density at radius 1 is 0.741 bits per heavy atom. The molecule has 1 heterocycles. The molecule has 0 bridgehead atoms. The lowest BCUT2D eigenvalue weighted by atomic mass is 9.98. The summed E-state index contributed by atoms with van der Waals surface area (Å²) in [5, 5.41) is 12.2. The van der Waals surface area contributed by atoms with Crippen LogP contribution in [0.4, 0.5) is 14.4 Å². The fourth-order valence-corrected chi connectivity index (χ4v) is 6.65. The molecule has 0 spiro atoms. The number of ether oxygens (including phenoxy) is 3. The van der Waals surface area contributed by atoms with Crippen molar-refractivity contribution in [1.82, 2.24) is 20.0 Å². The van der Waals surface area contributed by atoms with E-state index >= 15 is 0 Å². The average molecular weight is 749 g/mol. The second-order valence-electron chi connectivity index (χ2n) is 16.0. The van der Waals surface area contributed by atoms with Crippen LogP contribution in [-0.4, -0.2) is 114 Å². The van der Waals surface area contributed by atoms with Gasteiger partial charge in [0.2, 0.25) is 0 Å². The van der Waals surface area contributed by atoms with E-state index in [0.717, 1.165) is 60.9 Å². The SMILES string of the molecule is CC(C)(C)OC(=O)N1CCN(CCCCCCC=CC[C@H](NC(=O)OCC2c3ccccc3-c3ccccc32)C(=O)O)CCN(C(=O)OC(C)(C)C)CC1. The van der Waals surface area contributed by atoms with Crippen molar-refractivity contribution in [1.29, 1.82) is 0 Å². The molecule has 2 aromatic rings. The minimum absolute atomic E-state index is 0.103. The van der Waals surface area contributed by atoms with Gasteiger partial charge in [0.15, 0.2) is 0 Å². The summed E-state index contributed by atoms with van der Waals surface area (Å²) in [6, 6.07) is 15.0. The number of alkyl carbamates (subject to hydrolysis) is 1. The van der Waals surface area contributed by atoms with Crippen LogP contribution in [0.15, 0.2) is 60.7 Å². The van der Waals surface area contributed by atoms with Crippen molar-refractivity contribution in [2.45, 2.75) is 103 Å². The number of hydrogen-bond acceptors (Lipinski definition) is 8. The number of fused-ring (bicyclic) bond motifs is 3. The lowest BCUT2D eigenvalue weighted by Gasteiger charge is -2.30. The van der Waals surface area contributed by atoms with Crippen molar-refractivity contribution in [2.24, 2.45) is 0 Å². The molecule has 12 heteroatoms. The van der Waals surface area contributed by atoms with Crippen LogP contribution in [0.3, 0.4) is 0 Å². The number of carboxylic acids is 1. The van der Waals surface area contributed by atoms with Crippen molar-refractivity contribution in [3.63, 3.8) is 0 Å². The first kappa shape index (κ1) is 42.2. The Hall–Kier alpha value is -4.58. The van der Waals surface area contributed by atoms with Gasteiger partial charge in [-0.05, 0) is 96.0 Å². The summed E-state index contributed by atoms with van der Waals surface area (Å²) in [5.74, 6) is -1.22. The standard InChI is InChI=1S/C42H60N4O8/c1-41(2,3)53-39(50)45-26-24-44(25-27-46(29-28-45)40(51)54-42(4,5)6)23-17-11-9-7-8-10-12-22-36(37(47)48)43-38(49)52-30-35-33-20-15-13-18-31(33)32-19-14-16-21-34(32)35/h10,12-16,18-21,35-36H,7-9,11,17,22-30H2,1-6H3,(H,43,49)(H,47,48)/t36-/m0/s1. The van der Waals surface area contributed by atoms with Crippen LogP contribution < -0.4 is 5.32 Å². The van der Waals surface area contributed by atoms with Gasteiger partial charge in [-0.1, -0.05) is 73.5 Å². The number of rotatable bonds is 13. The van der Waals surface area contributed by atoms with Gasteiger partial charge >= 0.3 is 24.2 Å². The smallest absolute Gasteiger partial charge is 0.410 e. The third kappa shape index (κ3) is 13.4. The zero-order valence-electron chi connectivity index (χ0n) is 33.0. The zero-order valence-corrected chi connectivity index (χ0v) is 33.0. The molecule has 296 valence electrons. The van der Waals surface area contributed by atoms with Crippen LogP contribution in [0.5, 0.6) is 0 Å². The third-order valence-electron chi connectivity index (χ3n) is 9.38. The van der Waals surface area contributed by atoms with Gasteiger partial charge in [-0.15, -0.1) is 0 Å². The van der Waals surface area contributed by atoms with Crippen molar-refractivity contribution in [2.75, 3.05) is 52.4 Å². The van der Waals surface area contributed by atoms with E-state index in [1.807, 2.05) is 84.0 Å². The molecular weight excluding hydrogens is 688 g/mol. The van der Waals surface area contributed by atoms with Crippen LogP contribution in [0.25, 0.3) is 11.1 Å². The number of carboxylic acid groups (broad SMARTS) is 1. The van der Waals surface area contributed by atoms with Gasteiger partial charge in [0.05, 0.1) is 0 Å². The quantitative estimate of drug-likeness (QED) is 0.120. The van der Waals surface area contributed by atoms with E-state index < -0.39 is 29.3 Å². The molecule has 2 aromatic carbocycles. The maximum Gasteiger partial charge on any atom is 0.410 e. The van der Waals surface area contributed by atoms with Gasteiger partial charge in [0.25, 0.3) is 0 Å².